The molecule has 0 unspecified atom stereocenters. The Hall–Kier alpha value is -2.94. The van der Waals surface area contributed by atoms with Crippen molar-refractivity contribution in [2.45, 2.75) is 45.4 Å². The van der Waals surface area contributed by atoms with E-state index in [1.807, 2.05) is 30.5 Å². The van der Waals surface area contributed by atoms with Crippen molar-refractivity contribution in [3.8, 4) is 5.75 Å². The summed E-state index contributed by atoms with van der Waals surface area (Å²) in [7, 11) is 1.69. The number of aryl methyl sites for hydroxylation is 1. The number of nitrogens with one attached hydrogen (secondary N) is 1. The van der Waals surface area contributed by atoms with Crippen molar-refractivity contribution < 1.29 is 9.47 Å². The molecule has 1 aromatic carbocycles. The van der Waals surface area contributed by atoms with Gasteiger partial charge in [-0.25, -0.2) is 0 Å². The Kier molecular flexibility index (Phi) is 8.08. The molecule has 196 valence electrons. The van der Waals surface area contributed by atoms with Gasteiger partial charge in [0, 0.05) is 50.3 Å². The average molecular weight is 520 g/mol. The summed E-state index contributed by atoms with van der Waals surface area (Å²) in [4.78, 5) is 9.53. The van der Waals surface area contributed by atoms with Crippen molar-refractivity contribution in [1.82, 2.24) is 24.7 Å². The summed E-state index contributed by atoms with van der Waals surface area (Å²) in [5.41, 5.74) is 6.09. The summed E-state index contributed by atoms with van der Waals surface area (Å²) in [6.07, 6.45) is 2.98. The number of methoxy groups -OCH3 is 1. The highest BCUT2D eigenvalue weighted by Gasteiger charge is 2.41. The predicted molar refractivity (Wildman–Crippen MR) is 150 cm³/mol. The standard InChI is InChI=1S/C29H37N5O2S/c1-21-19-25(22(2)33(21)14-6-13-32-15-17-36-18-16-32)28-27(26-7-4-5-12-30-26)31-29(37)34(28)20-23-8-10-24(35-3)11-9-23/h4-5,7-12,19,27-28H,6,13-18,20H2,1-3H3,(H,31,37)/t27-,28+/m1/s1. The molecular formula is C29H37N5O2S. The van der Waals surface area contributed by atoms with Crippen LogP contribution in [0.15, 0.2) is 54.7 Å². The molecule has 2 atom stereocenters. The van der Waals surface area contributed by atoms with Gasteiger partial charge in [0.2, 0.25) is 0 Å². The van der Waals surface area contributed by atoms with Crippen LogP contribution in [0.2, 0.25) is 0 Å². The molecule has 2 aliphatic rings. The second-order valence-corrected chi connectivity index (χ2v) is 10.3. The summed E-state index contributed by atoms with van der Waals surface area (Å²) in [5, 5.41) is 4.35. The molecule has 7 nitrogen and oxygen atoms in total. The van der Waals surface area contributed by atoms with Gasteiger partial charge in [-0.3, -0.25) is 9.88 Å². The van der Waals surface area contributed by atoms with E-state index in [4.69, 9.17) is 26.7 Å². The summed E-state index contributed by atoms with van der Waals surface area (Å²) in [5.74, 6) is 0.856. The first-order valence-electron chi connectivity index (χ1n) is 13.1. The Balaban J connectivity index is 1.42. The molecule has 0 radical (unpaired) electrons. The van der Waals surface area contributed by atoms with Crippen LogP contribution in [0.1, 0.15) is 46.7 Å². The number of hydrogen-bond donors (Lipinski definition) is 1. The minimum atomic E-state index is -0.0192. The van der Waals surface area contributed by atoms with Gasteiger partial charge in [0.15, 0.2) is 5.11 Å². The van der Waals surface area contributed by atoms with E-state index >= 15 is 0 Å². The molecule has 5 rings (SSSR count). The van der Waals surface area contributed by atoms with E-state index in [2.05, 4.69) is 57.8 Å². The quantitative estimate of drug-likeness (QED) is 0.421. The second-order valence-electron chi connectivity index (χ2n) is 9.89. The number of aromatic nitrogens is 2. The number of ether oxygens (including phenoxy) is 2. The van der Waals surface area contributed by atoms with E-state index in [1.165, 1.54) is 22.5 Å². The van der Waals surface area contributed by atoms with Gasteiger partial charge >= 0.3 is 0 Å². The first-order valence-corrected chi connectivity index (χ1v) is 13.5. The van der Waals surface area contributed by atoms with Crippen molar-refractivity contribution in [3.63, 3.8) is 0 Å². The zero-order valence-electron chi connectivity index (χ0n) is 22.0. The van der Waals surface area contributed by atoms with Crippen LogP contribution in [-0.2, 0) is 17.8 Å². The third-order valence-corrected chi connectivity index (χ3v) is 7.95. The number of rotatable bonds is 9. The molecular weight excluding hydrogens is 482 g/mol. The molecule has 2 aliphatic heterocycles. The van der Waals surface area contributed by atoms with Crippen LogP contribution in [-0.4, -0.2) is 64.4 Å². The molecule has 37 heavy (non-hydrogen) atoms. The van der Waals surface area contributed by atoms with E-state index in [0.29, 0.717) is 6.54 Å². The molecule has 8 heteroatoms. The van der Waals surface area contributed by atoms with Gasteiger partial charge in [-0.05, 0) is 73.9 Å². The maximum atomic E-state index is 5.91. The maximum absolute atomic E-state index is 5.91. The fourth-order valence-electron chi connectivity index (χ4n) is 5.59. The molecule has 1 N–H and O–H groups in total. The highest BCUT2D eigenvalue weighted by atomic mass is 32.1. The smallest absolute Gasteiger partial charge is 0.170 e. The van der Waals surface area contributed by atoms with Crippen molar-refractivity contribution in [2.75, 3.05) is 40.0 Å². The predicted octanol–water partition coefficient (Wildman–Crippen LogP) is 4.40. The van der Waals surface area contributed by atoms with Crippen LogP contribution >= 0.6 is 12.2 Å². The van der Waals surface area contributed by atoms with Gasteiger partial charge in [0.05, 0.1) is 38.1 Å². The van der Waals surface area contributed by atoms with Crippen LogP contribution in [0.3, 0.4) is 0 Å². The van der Waals surface area contributed by atoms with Crippen molar-refractivity contribution in [2.24, 2.45) is 0 Å². The number of benzene rings is 1. The Bertz CT molecular complexity index is 1190. The van der Waals surface area contributed by atoms with Crippen molar-refractivity contribution >= 4 is 17.3 Å². The summed E-state index contributed by atoms with van der Waals surface area (Å²) < 4.78 is 13.3. The molecule has 0 spiro atoms. The van der Waals surface area contributed by atoms with Crippen LogP contribution < -0.4 is 10.1 Å². The topological polar surface area (TPSA) is 54.8 Å². The monoisotopic (exact) mass is 519 g/mol. The van der Waals surface area contributed by atoms with E-state index in [1.54, 1.807) is 7.11 Å². The molecule has 0 amide bonds. The third kappa shape index (κ3) is 5.66. The molecule has 0 aliphatic carbocycles. The number of hydrogen-bond acceptors (Lipinski definition) is 5. The van der Waals surface area contributed by atoms with Gasteiger partial charge in [0.25, 0.3) is 0 Å². The summed E-state index contributed by atoms with van der Waals surface area (Å²) in [6, 6.07) is 16.7. The highest BCUT2D eigenvalue weighted by molar-refractivity contribution is 7.80. The summed E-state index contributed by atoms with van der Waals surface area (Å²) >= 11 is 5.91. The lowest BCUT2D eigenvalue weighted by molar-refractivity contribution is 0.0369. The SMILES string of the molecule is COc1ccc(CN2C(=S)N[C@H](c3ccccn3)[C@@H]2c2cc(C)n(CCCN3CCOCC3)c2C)cc1. The second kappa shape index (κ2) is 11.6. The number of thiocarbonyl (C=S) groups is 1. The minimum absolute atomic E-state index is 0.0192. The third-order valence-electron chi connectivity index (χ3n) is 7.60. The van der Waals surface area contributed by atoms with E-state index < -0.39 is 0 Å². The van der Waals surface area contributed by atoms with Crippen molar-refractivity contribution in [1.29, 1.82) is 0 Å². The first kappa shape index (κ1) is 25.7. The van der Waals surface area contributed by atoms with Gasteiger partial charge in [-0.15, -0.1) is 0 Å². The van der Waals surface area contributed by atoms with E-state index in [9.17, 15) is 0 Å². The molecule has 4 heterocycles. The molecule has 2 fully saturated rings. The maximum Gasteiger partial charge on any atom is 0.170 e. The van der Waals surface area contributed by atoms with Gasteiger partial charge < -0.3 is 24.3 Å². The fraction of sp³-hybridized carbons (Fsp3) is 0.448. The Morgan fingerprint density at radius 2 is 1.86 bits per heavy atom. The largest absolute Gasteiger partial charge is 0.497 e. The van der Waals surface area contributed by atoms with Crippen molar-refractivity contribution in [3.05, 3.63) is 82.9 Å². The van der Waals surface area contributed by atoms with E-state index in [-0.39, 0.29) is 12.1 Å². The minimum Gasteiger partial charge on any atom is -0.497 e. The molecule has 0 bridgehead atoms. The zero-order chi connectivity index (χ0) is 25.8. The van der Waals surface area contributed by atoms with Crippen LogP contribution in [0.5, 0.6) is 5.75 Å². The Labute approximate surface area is 225 Å². The Morgan fingerprint density at radius 3 is 2.57 bits per heavy atom. The lowest BCUT2D eigenvalue weighted by Crippen LogP contribution is -2.37. The van der Waals surface area contributed by atoms with Gasteiger partial charge in [0.1, 0.15) is 5.75 Å². The van der Waals surface area contributed by atoms with Gasteiger partial charge in [-0.1, -0.05) is 18.2 Å². The fourth-order valence-corrected chi connectivity index (χ4v) is 5.90. The lowest BCUT2D eigenvalue weighted by atomic mass is 9.96. The first-order chi connectivity index (χ1) is 18.0. The van der Waals surface area contributed by atoms with Crippen LogP contribution in [0.25, 0.3) is 0 Å². The van der Waals surface area contributed by atoms with Crippen LogP contribution in [0.4, 0.5) is 0 Å². The summed E-state index contributed by atoms with van der Waals surface area (Å²) in [6.45, 7) is 11.0. The molecule has 0 saturated carbocycles. The molecule has 3 aromatic rings. The zero-order valence-corrected chi connectivity index (χ0v) is 22.8. The number of morpholine rings is 1. The number of nitrogens with zero attached hydrogens (tertiary/aromatic N) is 4. The normalized spacial score (nSPS) is 20.3. The molecule has 2 saturated heterocycles. The van der Waals surface area contributed by atoms with Gasteiger partial charge in [-0.2, -0.15) is 0 Å². The highest BCUT2D eigenvalue weighted by Crippen LogP contribution is 2.41. The number of pyridine rings is 1. The average Bonchev–Trinajstić information content (AvgIpc) is 3.40. The molecule has 2 aromatic heterocycles. The Morgan fingerprint density at radius 1 is 1.08 bits per heavy atom. The van der Waals surface area contributed by atoms with Crippen LogP contribution in [0, 0.1) is 13.8 Å². The lowest BCUT2D eigenvalue weighted by Gasteiger charge is -2.28. The van der Waals surface area contributed by atoms with E-state index in [0.717, 1.165) is 62.4 Å².